The topological polar surface area (TPSA) is 50.6 Å². The molecule has 0 saturated carbocycles. The zero-order valence-corrected chi connectivity index (χ0v) is 20.0. The van der Waals surface area contributed by atoms with Crippen LogP contribution in [0.3, 0.4) is 0 Å². The molecular weight excluding hydrogens is 443 g/mol. The average molecular weight is 475 g/mol. The number of halogens is 2. The van der Waals surface area contributed by atoms with E-state index in [0.717, 1.165) is 62.0 Å². The maximum atomic E-state index is 13.0. The second kappa shape index (κ2) is 11.5. The summed E-state index contributed by atoms with van der Waals surface area (Å²) in [6, 6.07) is 14.6. The van der Waals surface area contributed by atoms with E-state index in [4.69, 9.17) is 9.84 Å². The second-order valence-electron chi connectivity index (χ2n) is 8.62. The smallest absolute Gasteiger partial charge is 0.215 e. The number of fused-ring (bicyclic) bond motifs is 1. The van der Waals surface area contributed by atoms with Crippen molar-refractivity contribution in [2.75, 3.05) is 31.1 Å². The lowest BCUT2D eigenvalue weighted by atomic mass is 10.0. The van der Waals surface area contributed by atoms with Crippen LogP contribution in [-0.2, 0) is 4.79 Å². The van der Waals surface area contributed by atoms with Gasteiger partial charge in [-0.1, -0.05) is 12.1 Å². The summed E-state index contributed by atoms with van der Waals surface area (Å²) in [5.41, 5.74) is 1.06. The van der Waals surface area contributed by atoms with Gasteiger partial charge in [0.15, 0.2) is 5.82 Å². The monoisotopic (exact) mass is 474 g/mol. The molecular formula is C25H32ClFN4O2. The van der Waals surface area contributed by atoms with Crippen LogP contribution < -0.4 is 9.64 Å². The summed E-state index contributed by atoms with van der Waals surface area (Å²) in [6.07, 6.45) is 3.68. The third-order valence-electron chi connectivity index (χ3n) is 6.09. The summed E-state index contributed by atoms with van der Waals surface area (Å²) in [5, 5.41) is 5.83. The zero-order chi connectivity index (χ0) is 22.5. The van der Waals surface area contributed by atoms with Crippen molar-refractivity contribution in [2.24, 2.45) is 0 Å². The number of hydrogen-bond acceptors (Lipinski definition) is 4. The summed E-state index contributed by atoms with van der Waals surface area (Å²) in [4.78, 5) is 16.3. The van der Waals surface area contributed by atoms with Gasteiger partial charge >= 0.3 is 0 Å². The number of amides is 1. The molecule has 1 saturated heterocycles. The Morgan fingerprint density at radius 1 is 1.15 bits per heavy atom. The molecule has 0 spiro atoms. The minimum atomic E-state index is -0.256. The molecule has 33 heavy (non-hydrogen) atoms. The molecule has 8 heteroatoms. The minimum Gasteiger partial charge on any atom is -0.494 e. The standard InChI is InChI=1S/C25H31FN4O2.ClH/c1-19(2)30-24-7-4-3-6-23(24)25(27-30)29(18-31)21-12-15-28(16-13-21)14-5-17-32-22-10-8-20(26)9-11-22;/h3-4,6-11,18-19,21H,5,12-17H2,1-2H3;1H. The summed E-state index contributed by atoms with van der Waals surface area (Å²) < 4.78 is 20.6. The van der Waals surface area contributed by atoms with Crippen molar-refractivity contribution in [1.29, 1.82) is 0 Å². The summed E-state index contributed by atoms with van der Waals surface area (Å²) >= 11 is 0. The van der Waals surface area contributed by atoms with E-state index in [0.29, 0.717) is 12.4 Å². The van der Waals surface area contributed by atoms with E-state index in [1.165, 1.54) is 12.1 Å². The van der Waals surface area contributed by atoms with Crippen molar-refractivity contribution in [3.05, 3.63) is 54.3 Å². The van der Waals surface area contributed by atoms with Crippen molar-refractivity contribution >= 4 is 35.5 Å². The fraction of sp³-hybridized carbons (Fsp3) is 0.440. The van der Waals surface area contributed by atoms with Crippen LogP contribution >= 0.6 is 12.4 Å². The van der Waals surface area contributed by atoms with Crippen LogP contribution in [0.25, 0.3) is 10.9 Å². The van der Waals surface area contributed by atoms with Crippen LogP contribution in [0, 0.1) is 5.82 Å². The van der Waals surface area contributed by atoms with E-state index < -0.39 is 0 Å². The lowest BCUT2D eigenvalue weighted by Gasteiger charge is -2.36. The normalized spacial score (nSPS) is 14.9. The first kappa shape index (κ1) is 25.0. The molecule has 0 unspecified atom stereocenters. The molecule has 1 aliphatic rings. The van der Waals surface area contributed by atoms with E-state index in [1.54, 1.807) is 12.1 Å². The van der Waals surface area contributed by atoms with Crippen molar-refractivity contribution in [3.8, 4) is 5.75 Å². The first-order valence-corrected chi connectivity index (χ1v) is 11.4. The van der Waals surface area contributed by atoms with Gasteiger partial charge in [0.25, 0.3) is 0 Å². The molecule has 1 aromatic heterocycles. The molecule has 0 N–H and O–H groups in total. The number of ether oxygens (including phenoxy) is 1. The van der Waals surface area contributed by atoms with Gasteiger partial charge in [0, 0.05) is 37.1 Å². The van der Waals surface area contributed by atoms with E-state index in [-0.39, 0.29) is 30.3 Å². The number of para-hydroxylation sites is 1. The lowest BCUT2D eigenvalue weighted by molar-refractivity contribution is -0.108. The van der Waals surface area contributed by atoms with Crippen LogP contribution in [0.2, 0.25) is 0 Å². The molecule has 178 valence electrons. The molecule has 0 aliphatic carbocycles. The van der Waals surface area contributed by atoms with Gasteiger partial charge in [0.2, 0.25) is 6.41 Å². The number of likely N-dealkylation sites (tertiary alicyclic amines) is 1. The molecule has 2 heterocycles. The van der Waals surface area contributed by atoms with Crippen molar-refractivity contribution in [1.82, 2.24) is 14.7 Å². The number of carbonyl (C=O) groups excluding carboxylic acids is 1. The second-order valence-corrected chi connectivity index (χ2v) is 8.62. The van der Waals surface area contributed by atoms with E-state index >= 15 is 0 Å². The number of anilines is 1. The van der Waals surface area contributed by atoms with E-state index in [1.807, 2.05) is 27.8 Å². The SMILES string of the molecule is CC(C)n1nc(N(C=O)C2CCN(CCCOc3ccc(F)cc3)CC2)c2ccccc21.Cl. The fourth-order valence-electron chi connectivity index (χ4n) is 4.40. The minimum absolute atomic E-state index is 0. The predicted molar refractivity (Wildman–Crippen MR) is 132 cm³/mol. The fourth-order valence-corrected chi connectivity index (χ4v) is 4.40. The molecule has 0 bridgehead atoms. The number of aromatic nitrogens is 2. The van der Waals surface area contributed by atoms with Crippen LogP contribution in [-0.4, -0.2) is 53.4 Å². The Bertz CT molecular complexity index is 1030. The summed E-state index contributed by atoms with van der Waals surface area (Å²) in [6.45, 7) is 7.63. The number of benzene rings is 2. The molecule has 2 aromatic carbocycles. The van der Waals surface area contributed by atoms with Gasteiger partial charge < -0.3 is 9.64 Å². The van der Waals surface area contributed by atoms with Crippen molar-refractivity contribution < 1.29 is 13.9 Å². The Morgan fingerprint density at radius 3 is 2.52 bits per heavy atom. The third kappa shape index (κ3) is 5.84. The van der Waals surface area contributed by atoms with Gasteiger partial charge in [0.05, 0.1) is 12.1 Å². The van der Waals surface area contributed by atoms with Gasteiger partial charge in [0.1, 0.15) is 11.6 Å². The van der Waals surface area contributed by atoms with Gasteiger partial charge in [-0.2, -0.15) is 5.10 Å². The maximum absolute atomic E-state index is 13.0. The van der Waals surface area contributed by atoms with Crippen LogP contribution in [0.1, 0.15) is 39.2 Å². The quantitative estimate of drug-likeness (QED) is 0.321. The van der Waals surface area contributed by atoms with Crippen LogP contribution in [0.5, 0.6) is 5.75 Å². The maximum Gasteiger partial charge on any atom is 0.215 e. The highest BCUT2D eigenvalue weighted by molar-refractivity contribution is 5.95. The number of nitrogens with zero attached hydrogens (tertiary/aromatic N) is 4. The number of piperidine rings is 1. The Labute approximate surface area is 200 Å². The van der Waals surface area contributed by atoms with Gasteiger partial charge in [-0.15, -0.1) is 12.4 Å². The van der Waals surface area contributed by atoms with Gasteiger partial charge in [-0.25, -0.2) is 4.39 Å². The summed E-state index contributed by atoms with van der Waals surface area (Å²) in [7, 11) is 0. The highest BCUT2D eigenvalue weighted by Gasteiger charge is 2.28. The first-order chi connectivity index (χ1) is 15.6. The highest BCUT2D eigenvalue weighted by atomic mass is 35.5. The third-order valence-corrected chi connectivity index (χ3v) is 6.09. The van der Waals surface area contributed by atoms with Crippen molar-refractivity contribution in [2.45, 2.75) is 45.2 Å². The molecule has 0 radical (unpaired) electrons. The molecule has 1 amide bonds. The van der Waals surface area contributed by atoms with Gasteiger partial charge in [-0.05, 0) is 69.5 Å². The Balaban J connectivity index is 0.00000306. The molecule has 1 fully saturated rings. The zero-order valence-electron chi connectivity index (χ0n) is 19.2. The van der Waals surface area contributed by atoms with Gasteiger partial charge in [-0.3, -0.25) is 14.4 Å². The average Bonchev–Trinajstić information content (AvgIpc) is 3.19. The molecule has 4 rings (SSSR count). The Kier molecular flexibility index (Phi) is 8.69. The first-order valence-electron chi connectivity index (χ1n) is 11.4. The molecule has 3 aromatic rings. The largest absolute Gasteiger partial charge is 0.494 e. The Morgan fingerprint density at radius 2 is 1.85 bits per heavy atom. The number of hydrogen-bond donors (Lipinski definition) is 0. The molecule has 1 aliphatic heterocycles. The van der Waals surface area contributed by atoms with E-state index in [2.05, 4.69) is 24.8 Å². The van der Waals surface area contributed by atoms with Crippen molar-refractivity contribution in [3.63, 3.8) is 0 Å². The Hall–Kier alpha value is -2.64. The van der Waals surface area contributed by atoms with Crippen LogP contribution in [0.15, 0.2) is 48.5 Å². The van der Waals surface area contributed by atoms with Crippen LogP contribution in [0.4, 0.5) is 10.2 Å². The molecule has 0 atom stereocenters. The summed E-state index contributed by atoms with van der Waals surface area (Å²) in [5.74, 6) is 1.20. The lowest BCUT2D eigenvalue weighted by Crippen LogP contribution is -2.45. The number of rotatable bonds is 9. The predicted octanol–water partition coefficient (Wildman–Crippen LogP) is 5.07. The number of carbonyl (C=O) groups is 1. The van der Waals surface area contributed by atoms with E-state index in [9.17, 15) is 9.18 Å². The highest BCUT2D eigenvalue weighted by Crippen LogP contribution is 2.31. The molecule has 6 nitrogen and oxygen atoms in total.